The summed E-state index contributed by atoms with van der Waals surface area (Å²) in [5, 5.41) is 3.05. The van der Waals surface area contributed by atoms with Crippen LogP contribution in [0.25, 0.3) is 0 Å². The van der Waals surface area contributed by atoms with Crippen molar-refractivity contribution in [2.45, 2.75) is 39.7 Å². The lowest BCUT2D eigenvalue weighted by atomic mass is 9.90. The summed E-state index contributed by atoms with van der Waals surface area (Å²) in [6.45, 7) is 8.67. The van der Waals surface area contributed by atoms with Crippen molar-refractivity contribution in [2.75, 3.05) is 31.1 Å². The van der Waals surface area contributed by atoms with Crippen molar-refractivity contribution in [3.8, 4) is 0 Å². The molecule has 1 aliphatic heterocycles. The van der Waals surface area contributed by atoms with E-state index in [-0.39, 0.29) is 17.9 Å². The van der Waals surface area contributed by atoms with Gasteiger partial charge in [-0.1, -0.05) is 36.4 Å². The zero-order valence-electron chi connectivity index (χ0n) is 17.6. The lowest BCUT2D eigenvalue weighted by Gasteiger charge is -2.36. The van der Waals surface area contributed by atoms with Gasteiger partial charge in [-0.3, -0.25) is 9.59 Å². The molecule has 2 amide bonds. The summed E-state index contributed by atoms with van der Waals surface area (Å²) in [4.78, 5) is 28.9. The third kappa shape index (κ3) is 5.17. The van der Waals surface area contributed by atoms with Crippen LogP contribution in [0.3, 0.4) is 0 Å². The van der Waals surface area contributed by atoms with E-state index >= 15 is 0 Å². The zero-order valence-corrected chi connectivity index (χ0v) is 17.6. The van der Waals surface area contributed by atoms with E-state index < -0.39 is 0 Å². The van der Waals surface area contributed by atoms with Gasteiger partial charge in [0.25, 0.3) is 0 Å². The van der Waals surface area contributed by atoms with Gasteiger partial charge in [0.05, 0.1) is 12.5 Å². The molecule has 0 fully saturated rings. The molecular formula is C24H31N3O2. The second-order valence-corrected chi connectivity index (χ2v) is 7.65. The molecule has 1 N–H and O–H groups in total. The molecule has 1 unspecified atom stereocenters. The largest absolute Gasteiger partial charge is 0.370 e. The maximum absolute atomic E-state index is 12.7. The van der Waals surface area contributed by atoms with E-state index in [1.54, 1.807) is 6.92 Å². The van der Waals surface area contributed by atoms with Crippen LogP contribution < -0.4 is 10.2 Å². The number of anilines is 1. The summed E-state index contributed by atoms with van der Waals surface area (Å²) in [5.41, 5.74) is 4.73. The first kappa shape index (κ1) is 20.9. The molecule has 2 aromatic carbocycles. The molecule has 29 heavy (non-hydrogen) atoms. The highest BCUT2D eigenvalue weighted by Gasteiger charge is 2.30. The molecule has 3 rings (SSSR count). The minimum Gasteiger partial charge on any atom is -0.370 e. The molecule has 1 aliphatic rings. The molecule has 0 aliphatic carbocycles. The van der Waals surface area contributed by atoms with Crippen LogP contribution in [0.1, 0.15) is 43.0 Å². The molecule has 1 heterocycles. The van der Waals surface area contributed by atoms with Crippen molar-refractivity contribution in [1.29, 1.82) is 0 Å². The summed E-state index contributed by atoms with van der Waals surface area (Å²) in [6, 6.07) is 16.4. The minimum absolute atomic E-state index is 0.0155. The van der Waals surface area contributed by atoms with Crippen molar-refractivity contribution >= 4 is 17.5 Å². The van der Waals surface area contributed by atoms with E-state index in [2.05, 4.69) is 54.4 Å². The Kier molecular flexibility index (Phi) is 6.91. The Hall–Kier alpha value is -2.82. The number of hydrogen-bond donors (Lipinski definition) is 1. The van der Waals surface area contributed by atoms with Crippen LogP contribution in [0.15, 0.2) is 48.5 Å². The number of likely N-dealkylation sites (N-methyl/N-ethyl adjacent to an activating group) is 1. The minimum atomic E-state index is -0.184. The molecule has 0 saturated carbocycles. The summed E-state index contributed by atoms with van der Waals surface area (Å²) >= 11 is 0. The predicted octanol–water partition coefficient (Wildman–Crippen LogP) is 3.47. The van der Waals surface area contributed by atoms with E-state index in [0.29, 0.717) is 19.5 Å². The highest BCUT2D eigenvalue weighted by atomic mass is 16.2. The lowest BCUT2D eigenvalue weighted by molar-refractivity contribution is -0.133. The number of rotatable bonds is 7. The number of fused-ring (bicyclic) bond motifs is 1. The van der Waals surface area contributed by atoms with Gasteiger partial charge in [0, 0.05) is 38.8 Å². The number of benzene rings is 2. The Labute approximate surface area is 173 Å². The fraction of sp³-hybridized carbons (Fsp3) is 0.417. The average molecular weight is 394 g/mol. The molecule has 0 radical (unpaired) electrons. The summed E-state index contributed by atoms with van der Waals surface area (Å²) in [6.07, 6.45) is 1.14. The van der Waals surface area contributed by atoms with E-state index in [9.17, 15) is 9.59 Å². The van der Waals surface area contributed by atoms with Crippen LogP contribution in [0.5, 0.6) is 0 Å². The van der Waals surface area contributed by atoms with Gasteiger partial charge in [-0.2, -0.15) is 0 Å². The molecule has 2 aromatic rings. The van der Waals surface area contributed by atoms with E-state index in [0.717, 1.165) is 25.1 Å². The van der Waals surface area contributed by atoms with Gasteiger partial charge in [-0.25, -0.2) is 0 Å². The topological polar surface area (TPSA) is 52.7 Å². The highest BCUT2D eigenvalue weighted by Crippen LogP contribution is 2.32. The first-order valence-electron chi connectivity index (χ1n) is 10.4. The molecule has 0 aromatic heterocycles. The van der Waals surface area contributed by atoms with Gasteiger partial charge >= 0.3 is 0 Å². The number of hydrogen-bond acceptors (Lipinski definition) is 3. The van der Waals surface area contributed by atoms with Crippen LogP contribution in [0.4, 0.5) is 5.69 Å². The normalized spacial score (nSPS) is 15.6. The van der Waals surface area contributed by atoms with Crippen molar-refractivity contribution in [1.82, 2.24) is 10.2 Å². The van der Waals surface area contributed by atoms with Gasteiger partial charge in [0.2, 0.25) is 11.8 Å². The number of nitrogens with one attached hydrogen (secondary N) is 1. The van der Waals surface area contributed by atoms with Gasteiger partial charge in [-0.15, -0.1) is 0 Å². The summed E-state index contributed by atoms with van der Waals surface area (Å²) in [7, 11) is 0. The molecule has 154 valence electrons. The first-order valence-corrected chi connectivity index (χ1v) is 10.4. The van der Waals surface area contributed by atoms with Crippen molar-refractivity contribution in [3.63, 3.8) is 0 Å². The molecule has 1 atom stereocenters. The third-order valence-electron chi connectivity index (χ3n) is 5.65. The SMILES string of the molecule is CCN(CCNC(=O)CC1c2ccccc2CCN1C(C)=O)c1cccc(C)c1. The fourth-order valence-corrected chi connectivity index (χ4v) is 4.12. The second-order valence-electron chi connectivity index (χ2n) is 7.65. The monoisotopic (exact) mass is 393 g/mol. The zero-order chi connectivity index (χ0) is 20.8. The van der Waals surface area contributed by atoms with Crippen LogP contribution >= 0.6 is 0 Å². The molecule has 0 saturated heterocycles. The molecule has 0 bridgehead atoms. The van der Waals surface area contributed by atoms with Gasteiger partial charge in [0.1, 0.15) is 0 Å². The van der Waals surface area contributed by atoms with Crippen LogP contribution in [-0.2, 0) is 16.0 Å². The van der Waals surface area contributed by atoms with E-state index in [4.69, 9.17) is 0 Å². The first-order chi connectivity index (χ1) is 14.0. The number of nitrogens with zero attached hydrogens (tertiary/aromatic N) is 2. The predicted molar refractivity (Wildman–Crippen MR) is 117 cm³/mol. The van der Waals surface area contributed by atoms with Gasteiger partial charge in [-0.05, 0) is 49.1 Å². The third-order valence-corrected chi connectivity index (χ3v) is 5.65. The molecular weight excluding hydrogens is 362 g/mol. The molecule has 5 nitrogen and oxygen atoms in total. The van der Waals surface area contributed by atoms with Crippen molar-refractivity contribution < 1.29 is 9.59 Å². The quantitative estimate of drug-likeness (QED) is 0.784. The fourth-order valence-electron chi connectivity index (χ4n) is 4.12. The number of carbonyl (C=O) groups is 2. The van der Waals surface area contributed by atoms with Crippen LogP contribution in [0, 0.1) is 6.92 Å². The average Bonchev–Trinajstić information content (AvgIpc) is 2.71. The van der Waals surface area contributed by atoms with Crippen molar-refractivity contribution in [2.24, 2.45) is 0 Å². The maximum Gasteiger partial charge on any atom is 0.222 e. The Balaban J connectivity index is 1.60. The smallest absolute Gasteiger partial charge is 0.222 e. The Morgan fingerprint density at radius 3 is 2.69 bits per heavy atom. The maximum atomic E-state index is 12.7. The Bertz CT molecular complexity index is 865. The number of carbonyl (C=O) groups excluding carboxylic acids is 2. The van der Waals surface area contributed by atoms with E-state index in [1.165, 1.54) is 16.8 Å². The number of aryl methyl sites for hydroxylation is 1. The summed E-state index contributed by atoms with van der Waals surface area (Å²) < 4.78 is 0. The van der Waals surface area contributed by atoms with Crippen LogP contribution in [-0.4, -0.2) is 42.9 Å². The lowest BCUT2D eigenvalue weighted by Crippen LogP contribution is -2.42. The van der Waals surface area contributed by atoms with Crippen molar-refractivity contribution in [3.05, 3.63) is 65.2 Å². The van der Waals surface area contributed by atoms with Crippen LogP contribution in [0.2, 0.25) is 0 Å². The Morgan fingerprint density at radius 1 is 1.17 bits per heavy atom. The molecule has 0 spiro atoms. The summed E-state index contributed by atoms with van der Waals surface area (Å²) in [5.74, 6) is 0.00663. The molecule has 5 heteroatoms. The number of amides is 2. The van der Waals surface area contributed by atoms with Gasteiger partial charge in [0.15, 0.2) is 0 Å². The Morgan fingerprint density at radius 2 is 1.97 bits per heavy atom. The standard InChI is InChI=1S/C24H31N3O2/c1-4-26(21-10-7-8-18(2)16-21)15-13-25-24(29)17-23-22-11-6-5-9-20(22)12-14-27(23)19(3)28/h5-11,16,23H,4,12-15,17H2,1-3H3,(H,25,29). The second kappa shape index (κ2) is 9.59. The van der Waals surface area contributed by atoms with Gasteiger partial charge < -0.3 is 15.1 Å². The highest BCUT2D eigenvalue weighted by molar-refractivity contribution is 5.79. The van der Waals surface area contributed by atoms with E-state index in [1.807, 2.05) is 23.1 Å².